The van der Waals surface area contributed by atoms with Crippen molar-refractivity contribution in [2.24, 2.45) is 5.73 Å². The first kappa shape index (κ1) is 14.2. The molecule has 1 aromatic heterocycles. The molecule has 23 heavy (non-hydrogen) atoms. The molecule has 0 aliphatic carbocycles. The molecule has 0 fully saturated rings. The van der Waals surface area contributed by atoms with Gasteiger partial charge in [0.2, 0.25) is 0 Å². The fourth-order valence-corrected chi connectivity index (χ4v) is 3.33. The Bertz CT molecular complexity index is 902. The number of fused-ring (bicyclic) bond motifs is 2. The van der Waals surface area contributed by atoms with Crippen LogP contribution in [0.15, 0.2) is 42.5 Å². The summed E-state index contributed by atoms with van der Waals surface area (Å²) in [6.07, 6.45) is 0.991. The van der Waals surface area contributed by atoms with Crippen LogP contribution in [0.4, 0.5) is 0 Å². The maximum atomic E-state index is 6.09. The summed E-state index contributed by atoms with van der Waals surface area (Å²) in [7, 11) is 0. The summed E-state index contributed by atoms with van der Waals surface area (Å²) in [6.45, 7) is 4.70. The first-order chi connectivity index (χ1) is 11.1. The minimum absolute atomic E-state index is 0.0929. The molecule has 116 valence electrons. The minimum Gasteiger partial charge on any atom is -0.488 e. The van der Waals surface area contributed by atoms with Gasteiger partial charge in [-0.3, -0.25) is 4.98 Å². The number of aromatic nitrogens is 1. The monoisotopic (exact) mass is 304 g/mol. The molecule has 2 N–H and O–H groups in total. The third kappa shape index (κ3) is 2.47. The van der Waals surface area contributed by atoms with Gasteiger partial charge >= 0.3 is 0 Å². The van der Waals surface area contributed by atoms with E-state index < -0.39 is 0 Å². The molecule has 4 rings (SSSR count). The molecule has 3 nitrogen and oxygen atoms in total. The Kier molecular flexibility index (Phi) is 3.31. The van der Waals surface area contributed by atoms with Gasteiger partial charge in [-0.25, -0.2) is 0 Å². The van der Waals surface area contributed by atoms with E-state index in [2.05, 4.69) is 48.3 Å². The third-order valence-corrected chi connectivity index (χ3v) is 4.44. The molecule has 0 amide bonds. The highest BCUT2D eigenvalue weighted by Crippen LogP contribution is 2.40. The van der Waals surface area contributed by atoms with Crippen molar-refractivity contribution in [2.45, 2.75) is 26.4 Å². The van der Waals surface area contributed by atoms with Crippen LogP contribution in [0.1, 0.15) is 16.8 Å². The Balaban J connectivity index is 1.87. The SMILES string of the molecule is Cc1cc2c(c(-c3ccc4nc(C)ccc4c3)c1)O[C@@H](CN)C2. The summed E-state index contributed by atoms with van der Waals surface area (Å²) in [5.74, 6) is 0.991. The van der Waals surface area contributed by atoms with E-state index >= 15 is 0 Å². The average molecular weight is 304 g/mol. The van der Waals surface area contributed by atoms with Crippen LogP contribution in [0.2, 0.25) is 0 Å². The number of hydrogen-bond acceptors (Lipinski definition) is 3. The van der Waals surface area contributed by atoms with Crippen LogP contribution in [0.3, 0.4) is 0 Å². The molecule has 0 unspecified atom stereocenters. The number of pyridine rings is 1. The van der Waals surface area contributed by atoms with Crippen molar-refractivity contribution in [1.82, 2.24) is 4.98 Å². The highest BCUT2D eigenvalue weighted by Gasteiger charge is 2.25. The van der Waals surface area contributed by atoms with Crippen LogP contribution in [0, 0.1) is 13.8 Å². The van der Waals surface area contributed by atoms with E-state index in [0.717, 1.165) is 34.3 Å². The number of aryl methyl sites for hydroxylation is 2. The summed E-state index contributed by atoms with van der Waals surface area (Å²) in [5, 5.41) is 1.15. The van der Waals surface area contributed by atoms with E-state index in [4.69, 9.17) is 10.5 Å². The van der Waals surface area contributed by atoms with Crippen LogP contribution in [-0.2, 0) is 6.42 Å². The van der Waals surface area contributed by atoms with E-state index in [-0.39, 0.29) is 6.10 Å². The number of hydrogen-bond donors (Lipinski definition) is 1. The summed E-state index contributed by atoms with van der Waals surface area (Å²) in [5.41, 5.74) is 12.7. The maximum Gasteiger partial charge on any atom is 0.130 e. The van der Waals surface area contributed by atoms with Crippen molar-refractivity contribution >= 4 is 10.9 Å². The molecule has 3 aromatic rings. The Hall–Kier alpha value is -2.39. The van der Waals surface area contributed by atoms with Gasteiger partial charge in [-0.05, 0) is 54.8 Å². The summed E-state index contributed by atoms with van der Waals surface area (Å²) in [6, 6.07) is 15.0. The number of ether oxygens (including phenoxy) is 1. The van der Waals surface area contributed by atoms with E-state index in [1.165, 1.54) is 16.7 Å². The van der Waals surface area contributed by atoms with E-state index in [9.17, 15) is 0 Å². The van der Waals surface area contributed by atoms with Gasteiger partial charge in [-0.2, -0.15) is 0 Å². The lowest BCUT2D eigenvalue weighted by molar-refractivity contribution is 0.242. The average Bonchev–Trinajstić information content (AvgIpc) is 2.96. The van der Waals surface area contributed by atoms with Gasteiger partial charge in [0.25, 0.3) is 0 Å². The zero-order valence-electron chi connectivity index (χ0n) is 13.5. The van der Waals surface area contributed by atoms with Gasteiger partial charge in [0, 0.05) is 29.6 Å². The number of benzene rings is 2. The Morgan fingerprint density at radius 1 is 1.13 bits per heavy atom. The molecule has 0 bridgehead atoms. The zero-order chi connectivity index (χ0) is 16.0. The second-order valence-electron chi connectivity index (χ2n) is 6.34. The first-order valence-corrected chi connectivity index (χ1v) is 8.02. The fraction of sp³-hybridized carbons (Fsp3) is 0.250. The molecule has 2 aromatic carbocycles. The van der Waals surface area contributed by atoms with Crippen molar-refractivity contribution in [3.05, 3.63) is 59.3 Å². The predicted molar refractivity (Wildman–Crippen MR) is 93.8 cm³/mol. The van der Waals surface area contributed by atoms with Crippen LogP contribution in [0.5, 0.6) is 5.75 Å². The van der Waals surface area contributed by atoms with Crippen LogP contribution in [0.25, 0.3) is 22.0 Å². The molecular formula is C20H20N2O. The fourth-order valence-electron chi connectivity index (χ4n) is 3.33. The highest BCUT2D eigenvalue weighted by atomic mass is 16.5. The van der Waals surface area contributed by atoms with Crippen molar-refractivity contribution < 1.29 is 4.74 Å². The quantitative estimate of drug-likeness (QED) is 0.784. The van der Waals surface area contributed by atoms with E-state index in [1.54, 1.807) is 0 Å². The van der Waals surface area contributed by atoms with E-state index in [1.807, 2.05) is 13.0 Å². The van der Waals surface area contributed by atoms with Gasteiger partial charge in [0.1, 0.15) is 11.9 Å². The number of rotatable bonds is 2. The second kappa shape index (κ2) is 5.36. The molecule has 0 saturated heterocycles. The molecule has 0 saturated carbocycles. The van der Waals surface area contributed by atoms with Gasteiger partial charge in [-0.1, -0.05) is 18.2 Å². The normalized spacial score (nSPS) is 16.4. The Morgan fingerprint density at radius 3 is 2.83 bits per heavy atom. The number of nitrogens with two attached hydrogens (primary N) is 1. The van der Waals surface area contributed by atoms with Gasteiger partial charge in [0.15, 0.2) is 0 Å². The largest absolute Gasteiger partial charge is 0.488 e. The van der Waals surface area contributed by atoms with Crippen LogP contribution in [-0.4, -0.2) is 17.6 Å². The molecule has 2 heterocycles. The Labute approximate surface area is 136 Å². The zero-order valence-corrected chi connectivity index (χ0v) is 13.5. The van der Waals surface area contributed by atoms with Gasteiger partial charge in [0.05, 0.1) is 5.52 Å². The van der Waals surface area contributed by atoms with Crippen molar-refractivity contribution in [1.29, 1.82) is 0 Å². The molecule has 1 aliphatic heterocycles. The number of nitrogens with zero attached hydrogens (tertiary/aromatic N) is 1. The minimum atomic E-state index is 0.0929. The lowest BCUT2D eigenvalue weighted by Gasteiger charge is -2.12. The van der Waals surface area contributed by atoms with Crippen molar-refractivity contribution in [2.75, 3.05) is 6.54 Å². The smallest absolute Gasteiger partial charge is 0.130 e. The molecule has 0 spiro atoms. The molecule has 3 heteroatoms. The predicted octanol–water partition coefficient (Wildman–Crippen LogP) is 3.78. The van der Waals surface area contributed by atoms with Crippen LogP contribution >= 0.6 is 0 Å². The maximum absolute atomic E-state index is 6.09. The van der Waals surface area contributed by atoms with E-state index in [0.29, 0.717) is 6.54 Å². The Morgan fingerprint density at radius 2 is 2.00 bits per heavy atom. The van der Waals surface area contributed by atoms with Crippen molar-refractivity contribution in [3.8, 4) is 16.9 Å². The molecular weight excluding hydrogens is 284 g/mol. The third-order valence-electron chi connectivity index (χ3n) is 4.44. The second-order valence-corrected chi connectivity index (χ2v) is 6.34. The van der Waals surface area contributed by atoms with Crippen LogP contribution < -0.4 is 10.5 Å². The highest BCUT2D eigenvalue weighted by molar-refractivity contribution is 5.86. The lowest BCUT2D eigenvalue weighted by Crippen LogP contribution is -2.24. The molecule has 0 radical (unpaired) electrons. The summed E-state index contributed by atoms with van der Waals surface area (Å²) in [4.78, 5) is 4.58. The summed E-state index contributed by atoms with van der Waals surface area (Å²) < 4.78 is 6.09. The molecule has 1 aliphatic rings. The van der Waals surface area contributed by atoms with Gasteiger partial charge in [-0.15, -0.1) is 0 Å². The van der Waals surface area contributed by atoms with Crippen molar-refractivity contribution in [3.63, 3.8) is 0 Å². The lowest BCUT2D eigenvalue weighted by atomic mass is 9.97. The topological polar surface area (TPSA) is 48.1 Å². The first-order valence-electron chi connectivity index (χ1n) is 8.02. The molecule has 1 atom stereocenters. The summed E-state index contributed by atoms with van der Waals surface area (Å²) >= 11 is 0. The van der Waals surface area contributed by atoms with Gasteiger partial charge < -0.3 is 10.5 Å². The standard InChI is InChI=1S/C20H20N2O/c1-12-7-16-10-17(11-21)23-20(16)18(8-12)14-5-6-19-15(9-14)4-3-13(2)22-19/h3-9,17H,10-11,21H2,1-2H3/t17-/m1/s1.